The maximum absolute atomic E-state index is 12.4. The zero-order valence-corrected chi connectivity index (χ0v) is 17.6. The van der Waals surface area contributed by atoms with Gasteiger partial charge >= 0.3 is 5.63 Å². The predicted octanol–water partition coefficient (Wildman–Crippen LogP) is 3.93. The number of sulfonamides is 1. The van der Waals surface area contributed by atoms with Crippen molar-refractivity contribution in [1.29, 1.82) is 0 Å². The number of hydrogen-bond donors (Lipinski definition) is 1. The van der Waals surface area contributed by atoms with E-state index in [2.05, 4.69) is 5.32 Å². The van der Waals surface area contributed by atoms with Crippen LogP contribution < -0.4 is 10.9 Å². The van der Waals surface area contributed by atoms with Crippen molar-refractivity contribution in [3.05, 3.63) is 68.5 Å². The van der Waals surface area contributed by atoms with Gasteiger partial charge in [0.25, 0.3) is 0 Å². The van der Waals surface area contributed by atoms with Crippen LogP contribution in [-0.2, 0) is 16.6 Å². The van der Waals surface area contributed by atoms with Gasteiger partial charge in [-0.25, -0.2) is 17.5 Å². The molecule has 0 saturated carbocycles. The second kappa shape index (κ2) is 7.58. The molecule has 1 aromatic heterocycles. The highest BCUT2D eigenvalue weighted by Gasteiger charge is 2.18. The van der Waals surface area contributed by atoms with E-state index in [1.54, 1.807) is 30.3 Å². The Morgan fingerprint density at radius 1 is 1.07 bits per heavy atom. The molecule has 0 amide bonds. The Hall–Kier alpha value is -2.35. The molecule has 0 unspecified atom stereocenters. The van der Waals surface area contributed by atoms with Crippen LogP contribution in [0.2, 0.25) is 5.02 Å². The van der Waals surface area contributed by atoms with Crippen molar-refractivity contribution in [2.24, 2.45) is 0 Å². The molecule has 0 aliphatic carbocycles. The number of rotatable bonds is 5. The van der Waals surface area contributed by atoms with Gasteiger partial charge in [-0.1, -0.05) is 17.7 Å². The van der Waals surface area contributed by atoms with Crippen LogP contribution in [0.1, 0.15) is 16.7 Å². The summed E-state index contributed by atoms with van der Waals surface area (Å²) in [4.78, 5) is 12.1. The Balaban J connectivity index is 1.99. The van der Waals surface area contributed by atoms with Crippen LogP contribution in [0.15, 0.2) is 50.5 Å². The first kappa shape index (κ1) is 20.4. The van der Waals surface area contributed by atoms with Crippen LogP contribution in [0.25, 0.3) is 11.0 Å². The van der Waals surface area contributed by atoms with Crippen LogP contribution in [0, 0.1) is 13.8 Å². The van der Waals surface area contributed by atoms with E-state index in [1.807, 2.05) is 13.8 Å². The molecule has 0 saturated heterocycles. The van der Waals surface area contributed by atoms with Crippen molar-refractivity contribution < 1.29 is 12.8 Å². The fraction of sp³-hybridized carbons (Fsp3) is 0.250. The highest BCUT2D eigenvalue weighted by Crippen LogP contribution is 2.27. The minimum atomic E-state index is -3.54. The number of anilines is 1. The van der Waals surface area contributed by atoms with Crippen molar-refractivity contribution in [1.82, 2.24) is 4.31 Å². The largest absolute Gasteiger partial charge is 0.423 e. The van der Waals surface area contributed by atoms with Crippen LogP contribution in [-0.4, -0.2) is 26.8 Å². The van der Waals surface area contributed by atoms with Gasteiger partial charge in [0, 0.05) is 42.8 Å². The molecule has 3 rings (SSSR count). The van der Waals surface area contributed by atoms with Crippen molar-refractivity contribution >= 4 is 38.3 Å². The van der Waals surface area contributed by atoms with Crippen LogP contribution in [0.3, 0.4) is 0 Å². The summed E-state index contributed by atoms with van der Waals surface area (Å²) in [6.45, 7) is 4.03. The molecule has 0 aliphatic rings. The van der Waals surface area contributed by atoms with Crippen LogP contribution in [0.5, 0.6) is 0 Å². The van der Waals surface area contributed by atoms with E-state index in [4.69, 9.17) is 16.0 Å². The van der Waals surface area contributed by atoms with Gasteiger partial charge in [0.2, 0.25) is 10.0 Å². The molecule has 0 bridgehead atoms. The molecule has 1 N–H and O–H groups in total. The molecular weight excluding hydrogens is 400 g/mol. The number of halogens is 1. The van der Waals surface area contributed by atoms with E-state index in [0.717, 1.165) is 16.5 Å². The minimum absolute atomic E-state index is 0.196. The molecular formula is C20H21ClN2O4S. The topological polar surface area (TPSA) is 79.6 Å². The van der Waals surface area contributed by atoms with Crippen molar-refractivity contribution in [3.63, 3.8) is 0 Å². The van der Waals surface area contributed by atoms with Crippen molar-refractivity contribution in [2.45, 2.75) is 25.3 Å². The van der Waals surface area contributed by atoms with Gasteiger partial charge in [-0.05, 0) is 54.8 Å². The third-order valence-electron chi connectivity index (χ3n) is 4.57. The average molecular weight is 421 g/mol. The first-order chi connectivity index (χ1) is 13.1. The standard InChI is InChI=1S/C20H21ClN2O4S/c1-12-5-6-15(28(25,26)23(3)4)9-18(12)22-11-14-8-20(24)27-19-7-13(2)17(21)10-16(14)19/h5-10,22H,11H2,1-4H3. The van der Waals surface area contributed by atoms with E-state index in [9.17, 15) is 13.2 Å². The van der Waals surface area contributed by atoms with Gasteiger partial charge in [0.05, 0.1) is 4.90 Å². The molecule has 8 heteroatoms. The summed E-state index contributed by atoms with van der Waals surface area (Å²) >= 11 is 6.23. The summed E-state index contributed by atoms with van der Waals surface area (Å²) in [5.41, 5.74) is 3.10. The molecule has 28 heavy (non-hydrogen) atoms. The quantitative estimate of drug-likeness (QED) is 0.632. The minimum Gasteiger partial charge on any atom is -0.423 e. The second-order valence-electron chi connectivity index (χ2n) is 6.81. The number of nitrogens with zero attached hydrogens (tertiary/aromatic N) is 1. The van der Waals surface area contributed by atoms with Crippen LogP contribution >= 0.6 is 11.6 Å². The molecule has 0 spiro atoms. The Bertz CT molecular complexity index is 1220. The summed E-state index contributed by atoms with van der Waals surface area (Å²) in [7, 11) is -0.561. The molecule has 0 atom stereocenters. The van der Waals surface area contributed by atoms with E-state index in [-0.39, 0.29) is 4.90 Å². The van der Waals surface area contributed by atoms with Crippen molar-refractivity contribution in [3.8, 4) is 0 Å². The van der Waals surface area contributed by atoms with Gasteiger partial charge < -0.3 is 9.73 Å². The number of benzene rings is 2. The van der Waals surface area contributed by atoms with E-state index in [0.29, 0.717) is 28.4 Å². The predicted molar refractivity (Wildman–Crippen MR) is 112 cm³/mol. The lowest BCUT2D eigenvalue weighted by molar-refractivity contribution is 0.521. The fourth-order valence-electron chi connectivity index (χ4n) is 2.85. The Morgan fingerprint density at radius 2 is 1.79 bits per heavy atom. The summed E-state index contributed by atoms with van der Waals surface area (Å²) < 4.78 is 31.2. The zero-order valence-electron chi connectivity index (χ0n) is 16.0. The molecule has 6 nitrogen and oxygen atoms in total. The lowest BCUT2D eigenvalue weighted by Crippen LogP contribution is -2.22. The lowest BCUT2D eigenvalue weighted by atomic mass is 10.1. The summed E-state index contributed by atoms with van der Waals surface area (Å²) in [6.07, 6.45) is 0. The van der Waals surface area contributed by atoms with Gasteiger partial charge in [-0.3, -0.25) is 0 Å². The average Bonchev–Trinajstić information content (AvgIpc) is 2.62. The van der Waals surface area contributed by atoms with Crippen molar-refractivity contribution in [2.75, 3.05) is 19.4 Å². The second-order valence-corrected chi connectivity index (χ2v) is 9.36. The highest BCUT2D eigenvalue weighted by atomic mass is 35.5. The molecule has 3 aromatic rings. The molecule has 0 fully saturated rings. The third kappa shape index (κ3) is 3.92. The lowest BCUT2D eigenvalue weighted by Gasteiger charge is -2.15. The first-order valence-electron chi connectivity index (χ1n) is 8.59. The Kier molecular flexibility index (Phi) is 5.52. The number of aryl methyl sites for hydroxylation is 2. The molecule has 0 radical (unpaired) electrons. The van der Waals surface area contributed by atoms with Gasteiger partial charge in [-0.15, -0.1) is 0 Å². The third-order valence-corrected chi connectivity index (χ3v) is 6.78. The summed E-state index contributed by atoms with van der Waals surface area (Å²) in [5.74, 6) is 0. The first-order valence-corrected chi connectivity index (χ1v) is 10.4. The highest BCUT2D eigenvalue weighted by molar-refractivity contribution is 7.89. The maximum Gasteiger partial charge on any atom is 0.336 e. The number of fused-ring (bicyclic) bond motifs is 1. The smallest absolute Gasteiger partial charge is 0.336 e. The molecule has 1 heterocycles. The summed E-state index contributed by atoms with van der Waals surface area (Å²) in [6, 6.07) is 9.83. The van der Waals surface area contributed by atoms with Gasteiger partial charge in [0.1, 0.15) is 5.58 Å². The van der Waals surface area contributed by atoms with Gasteiger partial charge in [0.15, 0.2) is 0 Å². The maximum atomic E-state index is 12.4. The molecule has 2 aromatic carbocycles. The molecule has 148 valence electrons. The summed E-state index contributed by atoms with van der Waals surface area (Å²) in [5, 5.41) is 4.54. The van der Waals surface area contributed by atoms with E-state index in [1.165, 1.54) is 24.5 Å². The Morgan fingerprint density at radius 3 is 2.46 bits per heavy atom. The Labute approximate surface area is 168 Å². The fourth-order valence-corrected chi connectivity index (χ4v) is 3.94. The van der Waals surface area contributed by atoms with E-state index >= 15 is 0 Å². The van der Waals surface area contributed by atoms with Crippen LogP contribution in [0.4, 0.5) is 5.69 Å². The zero-order chi connectivity index (χ0) is 20.6. The number of hydrogen-bond acceptors (Lipinski definition) is 5. The van der Waals surface area contributed by atoms with Gasteiger partial charge in [-0.2, -0.15) is 0 Å². The molecule has 0 aliphatic heterocycles. The number of nitrogens with one attached hydrogen (secondary N) is 1. The van der Waals surface area contributed by atoms with E-state index < -0.39 is 15.6 Å². The monoisotopic (exact) mass is 420 g/mol. The SMILES string of the molecule is Cc1cc2oc(=O)cc(CNc3cc(S(=O)(=O)N(C)C)ccc3C)c2cc1Cl. The normalized spacial score (nSPS) is 11.9.